The molecule has 0 spiro atoms. The second-order valence-corrected chi connectivity index (χ2v) is 6.65. The van der Waals surface area contributed by atoms with Gasteiger partial charge in [-0.05, 0) is 18.1 Å². The number of hydrogen-bond acceptors (Lipinski definition) is 4. The molecule has 1 fully saturated rings. The maximum atomic E-state index is 12.2. The normalized spacial score (nSPS) is 16.3. The summed E-state index contributed by atoms with van der Waals surface area (Å²) < 4.78 is 5.45. The molecule has 0 saturated carbocycles. The molecule has 0 unspecified atom stereocenters. The van der Waals surface area contributed by atoms with Gasteiger partial charge in [-0.3, -0.25) is 14.5 Å². The van der Waals surface area contributed by atoms with E-state index in [1.165, 1.54) is 0 Å². The molecule has 6 nitrogen and oxygen atoms in total. The van der Waals surface area contributed by atoms with Crippen molar-refractivity contribution in [3.05, 3.63) is 35.9 Å². The number of benzene rings is 1. The maximum Gasteiger partial charge on any atom is 0.251 e. The Morgan fingerprint density at radius 1 is 1.08 bits per heavy atom. The molecule has 1 aliphatic rings. The Bertz CT molecular complexity index is 555. The quantitative estimate of drug-likeness (QED) is 0.702. The molecule has 144 valence electrons. The van der Waals surface area contributed by atoms with Gasteiger partial charge in [-0.25, -0.2) is 0 Å². The molecule has 1 saturated heterocycles. The van der Waals surface area contributed by atoms with Gasteiger partial charge in [-0.1, -0.05) is 44.9 Å². The SMILES string of the molecule is CCC(CC)[C@H](CNC(=O)CNC(=O)c1ccccc1)N1CCOCC1. The zero-order valence-electron chi connectivity index (χ0n) is 15.9. The molecule has 1 heterocycles. The van der Waals surface area contributed by atoms with Crippen LogP contribution in [0.15, 0.2) is 30.3 Å². The standard InChI is InChI=1S/C20H31N3O3/c1-3-16(4-2)18(23-10-12-26-13-11-23)14-21-19(24)15-22-20(25)17-8-6-5-7-9-17/h5-9,16,18H,3-4,10-15H2,1-2H3,(H,21,24)(H,22,25)/t18-/m0/s1. The summed E-state index contributed by atoms with van der Waals surface area (Å²) in [5.74, 6) is 0.149. The van der Waals surface area contributed by atoms with Crippen molar-refractivity contribution in [3.8, 4) is 0 Å². The molecule has 1 aromatic carbocycles. The van der Waals surface area contributed by atoms with Gasteiger partial charge in [0.1, 0.15) is 0 Å². The van der Waals surface area contributed by atoms with Gasteiger partial charge in [0.05, 0.1) is 19.8 Å². The summed E-state index contributed by atoms with van der Waals surface area (Å²) in [7, 11) is 0. The summed E-state index contributed by atoms with van der Waals surface area (Å²) in [6, 6.07) is 9.23. The number of amides is 2. The summed E-state index contributed by atoms with van der Waals surface area (Å²) in [6.07, 6.45) is 2.16. The molecular weight excluding hydrogens is 330 g/mol. The van der Waals surface area contributed by atoms with E-state index in [1.54, 1.807) is 24.3 Å². The summed E-state index contributed by atoms with van der Waals surface area (Å²) >= 11 is 0. The molecule has 6 heteroatoms. The van der Waals surface area contributed by atoms with Gasteiger partial charge in [0, 0.05) is 31.2 Å². The van der Waals surface area contributed by atoms with Crippen LogP contribution in [0.4, 0.5) is 0 Å². The number of ether oxygens (including phenoxy) is 1. The van der Waals surface area contributed by atoms with Crippen molar-refractivity contribution >= 4 is 11.8 Å². The monoisotopic (exact) mass is 361 g/mol. The third-order valence-electron chi connectivity index (χ3n) is 5.06. The van der Waals surface area contributed by atoms with E-state index in [-0.39, 0.29) is 18.4 Å². The summed E-state index contributed by atoms with van der Waals surface area (Å²) in [5.41, 5.74) is 0.559. The van der Waals surface area contributed by atoms with Crippen molar-refractivity contribution in [1.29, 1.82) is 0 Å². The molecule has 2 N–H and O–H groups in total. The number of nitrogens with zero attached hydrogens (tertiary/aromatic N) is 1. The fraction of sp³-hybridized carbons (Fsp3) is 0.600. The number of hydrogen-bond donors (Lipinski definition) is 2. The first-order valence-corrected chi connectivity index (χ1v) is 9.57. The largest absolute Gasteiger partial charge is 0.379 e. The average molecular weight is 361 g/mol. The van der Waals surface area contributed by atoms with Crippen molar-refractivity contribution < 1.29 is 14.3 Å². The minimum atomic E-state index is -0.231. The Labute approximate surface area is 156 Å². The zero-order chi connectivity index (χ0) is 18.8. The van der Waals surface area contributed by atoms with E-state index in [0.717, 1.165) is 39.1 Å². The molecule has 0 aliphatic carbocycles. The molecule has 1 atom stereocenters. The van der Waals surface area contributed by atoms with E-state index in [2.05, 4.69) is 29.4 Å². The number of carbonyl (C=O) groups is 2. The van der Waals surface area contributed by atoms with Crippen molar-refractivity contribution in [1.82, 2.24) is 15.5 Å². The zero-order valence-corrected chi connectivity index (χ0v) is 15.9. The fourth-order valence-corrected chi connectivity index (χ4v) is 3.47. The van der Waals surface area contributed by atoms with Crippen molar-refractivity contribution in [2.75, 3.05) is 39.4 Å². The van der Waals surface area contributed by atoms with Crippen LogP contribution in [0.3, 0.4) is 0 Å². The minimum Gasteiger partial charge on any atom is -0.379 e. The molecular formula is C20H31N3O3. The Morgan fingerprint density at radius 3 is 2.35 bits per heavy atom. The molecule has 1 aromatic rings. The Hall–Kier alpha value is -1.92. The highest BCUT2D eigenvalue weighted by Crippen LogP contribution is 2.19. The number of nitrogens with one attached hydrogen (secondary N) is 2. The van der Waals surface area contributed by atoms with E-state index < -0.39 is 0 Å². The van der Waals surface area contributed by atoms with E-state index >= 15 is 0 Å². The Kier molecular flexibility index (Phi) is 8.58. The Balaban J connectivity index is 1.82. The van der Waals surface area contributed by atoms with Crippen LogP contribution in [0.5, 0.6) is 0 Å². The summed E-state index contributed by atoms with van der Waals surface area (Å²) in [5, 5.41) is 5.67. The van der Waals surface area contributed by atoms with Crippen LogP contribution in [-0.4, -0.2) is 62.1 Å². The lowest BCUT2D eigenvalue weighted by molar-refractivity contribution is -0.120. The molecule has 26 heavy (non-hydrogen) atoms. The lowest BCUT2D eigenvalue weighted by Crippen LogP contribution is -2.52. The van der Waals surface area contributed by atoms with Gasteiger partial charge in [0.15, 0.2) is 0 Å². The molecule has 0 bridgehead atoms. The lowest BCUT2D eigenvalue weighted by Gasteiger charge is -2.38. The fourth-order valence-electron chi connectivity index (χ4n) is 3.47. The molecule has 0 aromatic heterocycles. The van der Waals surface area contributed by atoms with Gasteiger partial charge in [0.25, 0.3) is 5.91 Å². The highest BCUT2D eigenvalue weighted by atomic mass is 16.5. The van der Waals surface area contributed by atoms with Crippen LogP contribution in [0.2, 0.25) is 0 Å². The third kappa shape index (κ3) is 6.11. The first-order valence-electron chi connectivity index (χ1n) is 9.57. The predicted octanol–water partition coefficient (Wildman–Crippen LogP) is 1.67. The van der Waals surface area contributed by atoms with Crippen LogP contribution in [-0.2, 0) is 9.53 Å². The second kappa shape index (κ2) is 10.9. The number of carbonyl (C=O) groups excluding carboxylic acids is 2. The first-order chi connectivity index (χ1) is 12.7. The number of morpholine rings is 1. The summed E-state index contributed by atoms with van der Waals surface area (Å²) in [4.78, 5) is 26.6. The van der Waals surface area contributed by atoms with E-state index in [9.17, 15) is 9.59 Å². The maximum absolute atomic E-state index is 12.2. The van der Waals surface area contributed by atoms with E-state index in [1.807, 2.05) is 6.07 Å². The second-order valence-electron chi connectivity index (χ2n) is 6.65. The average Bonchev–Trinajstić information content (AvgIpc) is 2.70. The minimum absolute atomic E-state index is 0.00746. The van der Waals surface area contributed by atoms with E-state index in [0.29, 0.717) is 24.1 Å². The van der Waals surface area contributed by atoms with Gasteiger partial charge in [-0.2, -0.15) is 0 Å². The van der Waals surface area contributed by atoms with Gasteiger partial charge < -0.3 is 15.4 Å². The van der Waals surface area contributed by atoms with Gasteiger partial charge in [-0.15, -0.1) is 0 Å². The molecule has 0 radical (unpaired) electrons. The third-order valence-corrected chi connectivity index (χ3v) is 5.06. The molecule has 2 amide bonds. The molecule has 2 rings (SSSR count). The van der Waals surface area contributed by atoms with Crippen LogP contribution in [0.25, 0.3) is 0 Å². The Morgan fingerprint density at radius 2 is 1.73 bits per heavy atom. The lowest BCUT2D eigenvalue weighted by atomic mass is 9.92. The van der Waals surface area contributed by atoms with Crippen molar-refractivity contribution in [2.24, 2.45) is 5.92 Å². The number of rotatable bonds is 9. The predicted molar refractivity (Wildman–Crippen MR) is 102 cm³/mol. The topological polar surface area (TPSA) is 70.7 Å². The van der Waals surface area contributed by atoms with Crippen LogP contribution in [0.1, 0.15) is 37.0 Å². The molecule has 1 aliphatic heterocycles. The van der Waals surface area contributed by atoms with Crippen molar-refractivity contribution in [2.45, 2.75) is 32.7 Å². The van der Waals surface area contributed by atoms with Gasteiger partial charge >= 0.3 is 0 Å². The van der Waals surface area contributed by atoms with Crippen LogP contribution < -0.4 is 10.6 Å². The smallest absolute Gasteiger partial charge is 0.251 e. The summed E-state index contributed by atoms with van der Waals surface area (Å²) in [6.45, 7) is 8.30. The van der Waals surface area contributed by atoms with Crippen LogP contribution in [0, 0.1) is 5.92 Å². The van der Waals surface area contributed by atoms with Crippen molar-refractivity contribution in [3.63, 3.8) is 0 Å². The first kappa shape index (κ1) is 20.4. The van der Waals surface area contributed by atoms with Gasteiger partial charge in [0.2, 0.25) is 5.91 Å². The van der Waals surface area contributed by atoms with Crippen LogP contribution >= 0.6 is 0 Å². The highest BCUT2D eigenvalue weighted by molar-refractivity contribution is 5.96. The van der Waals surface area contributed by atoms with E-state index in [4.69, 9.17) is 4.74 Å². The highest BCUT2D eigenvalue weighted by Gasteiger charge is 2.27.